The summed E-state index contributed by atoms with van der Waals surface area (Å²) in [5, 5.41) is 9.93. The predicted octanol–water partition coefficient (Wildman–Crippen LogP) is 1.12. The van der Waals surface area contributed by atoms with E-state index >= 15 is 0 Å². The number of hydrogen-bond acceptors (Lipinski definition) is 7. The summed E-state index contributed by atoms with van der Waals surface area (Å²) in [6.45, 7) is 0.539. The number of carbonyl (C=O) groups excluding carboxylic acids is 2. The second-order valence-corrected chi connectivity index (χ2v) is 8.48. The number of fused-ring (bicyclic) bond motifs is 1. The number of ether oxygens (including phenoxy) is 4. The molecule has 1 spiro atoms. The van der Waals surface area contributed by atoms with Gasteiger partial charge in [0.2, 0.25) is 6.29 Å². The van der Waals surface area contributed by atoms with Crippen molar-refractivity contribution in [3.05, 3.63) is 0 Å². The van der Waals surface area contributed by atoms with Gasteiger partial charge < -0.3 is 24.1 Å². The highest BCUT2D eigenvalue weighted by Crippen LogP contribution is 2.65. The van der Waals surface area contributed by atoms with E-state index in [1.807, 2.05) is 0 Å². The van der Waals surface area contributed by atoms with Crippen LogP contribution in [0.5, 0.6) is 0 Å². The molecule has 5 atom stereocenters. The number of aliphatic hydroxyl groups excluding tert-OH is 1. The van der Waals surface area contributed by atoms with E-state index in [4.69, 9.17) is 18.9 Å². The third-order valence-electron chi connectivity index (χ3n) is 6.61. The third-order valence-corrected chi connectivity index (χ3v) is 6.61. The van der Waals surface area contributed by atoms with Crippen LogP contribution in [0.1, 0.15) is 39.0 Å². The average Bonchev–Trinajstić information content (AvgIpc) is 3.01. The minimum Gasteiger partial charge on any atom is -0.455 e. The lowest BCUT2D eigenvalue weighted by Crippen LogP contribution is -2.66. The van der Waals surface area contributed by atoms with Crippen LogP contribution in [0.2, 0.25) is 0 Å². The molecule has 2 heterocycles. The van der Waals surface area contributed by atoms with E-state index in [0.29, 0.717) is 26.2 Å². The Bertz CT molecular complexity index is 659. The largest absolute Gasteiger partial charge is 0.455 e. The number of carbonyl (C=O) groups is 2. The molecule has 0 aromatic heterocycles. The maximum atomic E-state index is 13.3. The first-order valence-corrected chi connectivity index (χ1v) is 8.97. The van der Waals surface area contributed by atoms with E-state index in [9.17, 15) is 23.5 Å². The summed E-state index contributed by atoms with van der Waals surface area (Å²) in [5.41, 5.74) is -0.919. The maximum Gasteiger partial charge on any atom is 0.377 e. The fourth-order valence-corrected chi connectivity index (χ4v) is 5.82. The third kappa shape index (κ3) is 2.13. The molecule has 9 heteroatoms. The SMILES string of the molecule is CC(F)(F)C(=O)OC12CC3CC(C1)C1(OC4OC(=O)C(O)C4O1)C(C3)C2. The number of aliphatic hydroxyl groups is 1. The molecule has 144 valence electrons. The molecular formula is C17H20F2O7. The summed E-state index contributed by atoms with van der Waals surface area (Å²) in [6, 6.07) is 0. The normalized spacial score (nSPS) is 51.6. The first kappa shape index (κ1) is 16.8. The molecule has 2 aliphatic heterocycles. The summed E-state index contributed by atoms with van der Waals surface area (Å²) >= 11 is 0. The molecule has 0 aromatic carbocycles. The summed E-state index contributed by atoms with van der Waals surface area (Å²) in [4.78, 5) is 23.2. The predicted molar refractivity (Wildman–Crippen MR) is 77.6 cm³/mol. The van der Waals surface area contributed by atoms with Crippen LogP contribution >= 0.6 is 0 Å². The fraction of sp³-hybridized carbons (Fsp3) is 0.882. The lowest BCUT2D eigenvalue weighted by Gasteiger charge is -2.62. The standard InChI is InChI=1S/C17H20F2O7/c1-15(18,19)14(22)26-16-4-7-2-8(5-16)17(9(3-7)6-16)24-11-10(20)12(21)23-13(11)25-17/h7-11,13,20H,2-6H2,1H3. The Morgan fingerprint density at radius 3 is 2.46 bits per heavy atom. The first-order valence-electron chi connectivity index (χ1n) is 8.97. The van der Waals surface area contributed by atoms with Crippen molar-refractivity contribution in [2.75, 3.05) is 0 Å². The van der Waals surface area contributed by atoms with Gasteiger partial charge in [0, 0.05) is 18.8 Å². The molecule has 6 aliphatic rings. The summed E-state index contributed by atoms with van der Waals surface area (Å²) in [6.07, 6.45) is -0.378. The van der Waals surface area contributed by atoms with Gasteiger partial charge in [-0.15, -0.1) is 0 Å². The second kappa shape index (κ2) is 4.94. The van der Waals surface area contributed by atoms with Crippen LogP contribution in [0.15, 0.2) is 0 Å². The van der Waals surface area contributed by atoms with Crippen molar-refractivity contribution in [1.82, 2.24) is 0 Å². The Morgan fingerprint density at radius 2 is 1.88 bits per heavy atom. The van der Waals surface area contributed by atoms with Crippen LogP contribution in [0, 0.1) is 17.8 Å². The quantitative estimate of drug-likeness (QED) is 0.724. The molecule has 26 heavy (non-hydrogen) atoms. The van der Waals surface area contributed by atoms with Gasteiger partial charge in [-0.05, 0) is 38.0 Å². The Balaban J connectivity index is 1.40. The molecule has 6 rings (SSSR count). The van der Waals surface area contributed by atoms with E-state index in [1.165, 1.54) is 0 Å². The van der Waals surface area contributed by atoms with Crippen LogP contribution < -0.4 is 0 Å². The lowest BCUT2D eigenvalue weighted by molar-refractivity contribution is -0.337. The van der Waals surface area contributed by atoms with Crippen molar-refractivity contribution in [1.29, 1.82) is 0 Å². The fourth-order valence-electron chi connectivity index (χ4n) is 5.82. The van der Waals surface area contributed by atoms with Crippen molar-refractivity contribution >= 4 is 11.9 Å². The zero-order valence-corrected chi connectivity index (χ0v) is 14.2. The number of esters is 2. The van der Waals surface area contributed by atoms with Gasteiger partial charge in [-0.25, -0.2) is 9.59 Å². The van der Waals surface area contributed by atoms with Crippen molar-refractivity contribution in [3.63, 3.8) is 0 Å². The molecular weight excluding hydrogens is 354 g/mol. The highest BCUT2D eigenvalue weighted by Gasteiger charge is 2.71. The first-order chi connectivity index (χ1) is 12.1. The molecule has 4 saturated carbocycles. The van der Waals surface area contributed by atoms with E-state index in [-0.39, 0.29) is 17.8 Å². The summed E-state index contributed by atoms with van der Waals surface area (Å²) in [7, 11) is 0. The lowest BCUT2D eigenvalue weighted by atomic mass is 9.51. The van der Waals surface area contributed by atoms with Gasteiger partial charge in [-0.3, -0.25) is 0 Å². The van der Waals surface area contributed by atoms with Gasteiger partial charge >= 0.3 is 17.9 Å². The van der Waals surface area contributed by atoms with Crippen LogP contribution in [-0.2, 0) is 28.5 Å². The molecule has 0 amide bonds. The van der Waals surface area contributed by atoms with E-state index < -0.39 is 47.7 Å². The molecule has 7 nitrogen and oxygen atoms in total. The molecule has 4 aliphatic carbocycles. The smallest absolute Gasteiger partial charge is 0.377 e. The second-order valence-electron chi connectivity index (χ2n) is 8.48. The summed E-state index contributed by atoms with van der Waals surface area (Å²) in [5.74, 6) is -6.89. The van der Waals surface area contributed by atoms with Crippen LogP contribution in [0.3, 0.4) is 0 Å². The van der Waals surface area contributed by atoms with Crippen molar-refractivity contribution in [3.8, 4) is 0 Å². The van der Waals surface area contributed by atoms with Crippen molar-refractivity contribution in [2.24, 2.45) is 17.8 Å². The highest BCUT2D eigenvalue weighted by atomic mass is 19.3. The number of alkyl halides is 2. The van der Waals surface area contributed by atoms with E-state index in [1.54, 1.807) is 0 Å². The van der Waals surface area contributed by atoms with Gasteiger partial charge in [0.15, 0.2) is 18.0 Å². The Morgan fingerprint density at radius 1 is 1.23 bits per heavy atom. The van der Waals surface area contributed by atoms with Crippen molar-refractivity contribution < 1.29 is 42.4 Å². The van der Waals surface area contributed by atoms with E-state index in [0.717, 1.165) is 12.8 Å². The number of rotatable bonds is 2. The van der Waals surface area contributed by atoms with Gasteiger partial charge in [0.1, 0.15) is 5.60 Å². The molecule has 4 bridgehead atoms. The van der Waals surface area contributed by atoms with Gasteiger partial charge in [0.25, 0.3) is 0 Å². The summed E-state index contributed by atoms with van der Waals surface area (Å²) < 4.78 is 49.1. The molecule has 6 fully saturated rings. The zero-order chi connectivity index (χ0) is 18.5. The Hall–Kier alpha value is -1.32. The Kier molecular flexibility index (Phi) is 3.19. The van der Waals surface area contributed by atoms with Crippen LogP contribution in [-0.4, -0.2) is 52.9 Å². The van der Waals surface area contributed by atoms with Crippen molar-refractivity contribution in [2.45, 2.75) is 74.8 Å². The number of hydrogen-bond donors (Lipinski definition) is 1. The van der Waals surface area contributed by atoms with Gasteiger partial charge in [0.05, 0.1) is 0 Å². The number of halogens is 2. The zero-order valence-electron chi connectivity index (χ0n) is 14.2. The average molecular weight is 374 g/mol. The molecule has 1 N–H and O–H groups in total. The monoisotopic (exact) mass is 374 g/mol. The molecule has 2 saturated heterocycles. The molecule has 0 aromatic rings. The molecule has 5 unspecified atom stereocenters. The minimum atomic E-state index is -3.53. The maximum absolute atomic E-state index is 13.3. The van der Waals surface area contributed by atoms with Crippen LogP contribution in [0.4, 0.5) is 8.78 Å². The van der Waals surface area contributed by atoms with Crippen LogP contribution in [0.25, 0.3) is 0 Å². The van der Waals surface area contributed by atoms with E-state index in [2.05, 4.69) is 0 Å². The van der Waals surface area contributed by atoms with Gasteiger partial charge in [-0.1, -0.05) is 0 Å². The Labute approximate surface area is 147 Å². The topological polar surface area (TPSA) is 91.3 Å². The van der Waals surface area contributed by atoms with Gasteiger partial charge in [-0.2, -0.15) is 8.78 Å². The minimum absolute atomic E-state index is 0.163. The highest BCUT2D eigenvalue weighted by molar-refractivity contribution is 5.78. The molecule has 0 radical (unpaired) electrons.